The van der Waals surface area contributed by atoms with E-state index in [-0.39, 0.29) is 12.5 Å². The maximum atomic E-state index is 13.1. The second-order valence-electron chi connectivity index (χ2n) is 11.8. The maximum Gasteiger partial charge on any atom is 0.417 e. The van der Waals surface area contributed by atoms with Gasteiger partial charge in [-0.25, -0.2) is 14.7 Å². The van der Waals surface area contributed by atoms with Gasteiger partial charge in [-0.2, -0.15) is 0 Å². The summed E-state index contributed by atoms with van der Waals surface area (Å²) in [6.07, 6.45) is 5.67. The molecule has 3 aromatic carbocycles. The van der Waals surface area contributed by atoms with Crippen LogP contribution in [0.1, 0.15) is 42.5 Å². The number of hydrogen-bond donors (Lipinski definition) is 0. The molecule has 2 fully saturated rings. The zero-order chi connectivity index (χ0) is 33.1. The molecule has 6 rings (SSSR count). The molecule has 2 aliphatic rings. The number of para-hydroxylation sites is 1. The quantitative estimate of drug-likeness (QED) is 0.147. The predicted molar refractivity (Wildman–Crippen MR) is 184 cm³/mol. The van der Waals surface area contributed by atoms with Gasteiger partial charge in [0.2, 0.25) is 5.89 Å². The number of aryl methyl sites for hydroxylation is 1. The van der Waals surface area contributed by atoms with Crippen LogP contribution in [0, 0.1) is 0 Å². The van der Waals surface area contributed by atoms with E-state index in [9.17, 15) is 9.59 Å². The van der Waals surface area contributed by atoms with Gasteiger partial charge in [0.1, 0.15) is 18.6 Å². The first kappa shape index (κ1) is 32.8. The lowest BCUT2D eigenvalue weighted by Gasteiger charge is -2.36. The molecule has 2 amide bonds. The van der Waals surface area contributed by atoms with E-state index < -0.39 is 12.2 Å². The number of anilines is 1. The van der Waals surface area contributed by atoms with Gasteiger partial charge in [0.25, 0.3) is 5.91 Å². The van der Waals surface area contributed by atoms with Crippen molar-refractivity contribution in [1.29, 1.82) is 0 Å². The third kappa shape index (κ3) is 8.63. The van der Waals surface area contributed by atoms with E-state index in [0.717, 1.165) is 50.3 Å². The van der Waals surface area contributed by atoms with Crippen LogP contribution in [0.25, 0.3) is 12.2 Å². The average Bonchev–Trinajstić information content (AvgIpc) is 3.70. The number of piperazine rings is 1. The molecule has 0 radical (unpaired) electrons. The van der Waals surface area contributed by atoms with Crippen molar-refractivity contribution in [2.45, 2.75) is 38.9 Å². The van der Waals surface area contributed by atoms with Crippen molar-refractivity contribution >= 4 is 29.8 Å². The van der Waals surface area contributed by atoms with Crippen LogP contribution in [0.5, 0.6) is 11.5 Å². The third-order valence-electron chi connectivity index (χ3n) is 8.52. The second-order valence-corrected chi connectivity index (χ2v) is 11.8. The molecule has 250 valence electrons. The van der Waals surface area contributed by atoms with Crippen molar-refractivity contribution in [2.75, 3.05) is 50.8 Å². The van der Waals surface area contributed by atoms with E-state index >= 15 is 0 Å². The molecule has 0 bridgehead atoms. The summed E-state index contributed by atoms with van der Waals surface area (Å²) in [4.78, 5) is 36.2. The Kier molecular flexibility index (Phi) is 11.0. The van der Waals surface area contributed by atoms with Gasteiger partial charge in [-0.1, -0.05) is 54.6 Å². The lowest BCUT2D eigenvalue weighted by atomic mass is 10.1. The Bertz CT molecular complexity index is 1670. The first-order valence-corrected chi connectivity index (χ1v) is 16.7. The summed E-state index contributed by atoms with van der Waals surface area (Å²) in [5, 5.41) is 0. The molecule has 3 heterocycles. The third-order valence-corrected chi connectivity index (χ3v) is 8.52. The van der Waals surface area contributed by atoms with Gasteiger partial charge in [-0.05, 0) is 74.2 Å². The highest BCUT2D eigenvalue weighted by Crippen LogP contribution is 2.30. The first-order chi connectivity index (χ1) is 23.6. The highest BCUT2D eigenvalue weighted by atomic mass is 16.6. The number of carbonyl (C=O) groups excluding carboxylic acids is 2. The summed E-state index contributed by atoms with van der Waals surface area (Å²) in [5.41, 5.74) is 3.92. The standard InChI is InChI=1S/C38H42N4O6/c1-2-45-35-26-30(14-17-33(35)46-27-31-28-47-36(39-31)19-16-29-10-5-3-6-11-29)15-18-34-37(43)42(38(44)48-34)21-9-20-40-22-24-41(25-23-40)32-12-7-4-8-13-32/h3-8,10-14,16-17,19,26,28,34H,2,9,15,18,20-25,27H2,1H3/b19-16+. The van der Waals surface area contributed by atoms with Crippen LogP contribution in [-0.2, 0) is 22.6 Å². The lowest BCUT2D eigenvalue weighted by Crippen LogP contribution is -2.47. The lowest BCUT2D eigenvalue weighted by molar-refractivity contribution is -0.129. The van der Waals surface area contributed by atoms with Gasteiger partial charge in [-0.15, -0.1) is 0 Å². The van der Waals surface area contributed by atoms with Crippen LogP contribution in [0.4, 0.5) is 10.5 Å². The molecule has 1 unspecified atom stereocenters. The van der Waals surface area contributed by atoms with Crippen molar-refractivity contribution in [3.63, 3.8) is 0 Å². The molecule has 1 atom stereocenters. The van der Waals surface area contributed by atoms with Crippen LogP contribution in [0.2, 0.25) is 0 Å². The summed E-state index contributed by atoms with van der Waals surface area (Å²) in [7, 11) is 0. The fraction of sp³-hybridized carbons (Fsp3) is 0.342. The van der Waals surface area contributed by atoms with Crippen LogP contribution in [0.3, 0.4) is 0 Å². The average molecular weight is 651 g/mol. The topological polar surface area (TPSA) is 97.6 Å². The van der Waals surface area contributed by atoms with Gasteiger partial charge in [0.15, 0.2) is 17.6 Å². The Balaban J connectivity index is 0.947. The molecule has 0 N–H and O–H groups in total. The summed E-state index contributed by atoms with van der Waals surface area (Å²) in [5.74, 6) is 1.42. The van der Waals surface area contributed by atoms with Crippen molar-refractivity contribution in [1.82, 2.24) is 14.8 Å². The number of benzene rings is 3. The first-order valence-electron chi connectivity index (χ1n) is 16.7. The van der Waals surface area contributed by atoms with Crippen LogP contribution >= 0.6 is 0 Å². The van der Waals surface area contributed by atoms with E-state index in [1.165, 1.54) is 10.6 Å². The molecule has 2 saturated heterocycles. The molecule has 48 heavy (non-hydrogen) atoms. The molecule has 10 nitrogen and oxygen atoms in total. The van der Waals surface area contributed by atoms with Crippen LogP contribution in [-0.4, -0.2) is 78.8 Å². The number of aromatic nitrogens is 1. The van der Waals surface area contributed by atoms with Gasteiger partial charge in [0, 0.05) is 44.5 Å². The van der Waals surface area contributed by atoms with E-state index in [4.69, 9.17) is 18.6 Å². The molecule has 0 saturated carbocycles. The van der Waals surface area contributed by atoms with Crippen molar-refractivity contribution in [3.05, 3.63) is 108 Å². The van der Waals surface area contributed by atoms with E-state index in [0.29, 0.717) is 49.1 Å². The monoisotopic (exact) mass is 650 g/mol. The molecular weight excluding hydrogens is 608 g/mol. The Hall–Kier alpha value is -5.09. The summed E-state index contributed by atoms with van der Waals surface area (Å²) in [6.45, 7) is 7.63. The summed E-state index contributed by atoms with van der Waals surface area (Å²) < 4.78 is 22.9. The Morgan fingerprint density at radius 1 is 0.875 bits per heavy atom. The number of oxazole rings is 1. The van der Waals surface area contributed by atoms with Gasteiger partial charge >= 0.3 is 6.09 Å². The summed E-state index contributed by atoms with van der Waals surface area (Å²) >= 11 is 0. The normalized spacial score (nSPS) is 16.9. The van der Waals surface area contributed by atoms with Crippen LogP contribution < -0.4 is 14.4 Å². The minimum Gasteiger partial charge on any atom is -0.490 e. The van der Waals surface area contributed by atoms with E-state index in [1.807, 2.05) is 73.7 Å². The number of amides is 2. The van der Waals surface area contributed by atoms with Crippen LogP contribution in [0.15, 0.2) is 89.5 Å². The SMILES string of the molecule is CCOc1cc(CCC2OC(=O)N(CCCN3CCN(c4ccccc4)CC3)C2=O)ccc1OCc1coc(/C=C/c2ccccc2)n1. The molecular formula is C38H42N4O6. The fourth-order valence-corrected chi connectivity index (χ4v) is 5.95. The maximum absolute atomic E-state index is 13.1. The smallest absolute Gasteiger partial charge is 0.417 e. The zero-order valence-electron chi connectivity index (χ0n) is 27.3. The molecule has 2 aliphatic heterocycles. The fourth-order valence-electron chi connectivity index (χ4n) is 5.95. The number of cyclic esters (lactones) is 1. The van der Waals surface area contributed by atoms with Gasteiger partial charge in [-0.3, -0.25) is 9.69 Å². The van der Waals surface area contributed by atoms with Gasteiger partial charge < -0.3 is 23.5 Å². The second kappa shape index (κ2) is 16.1. The largest absolute Gasteiger partial charge is 0.490 e. The number of ether oxygens (including phenoxy) is 3. The van der Waals surface area contributed by atoms with E-state index in [1.54, 1.807) is 6.26 Å². The van der Waals surface area contributed by atoms with Crippen molar-refractivity contribution in [3.8, 4) is 11.5 Å². The number of rotatable bonds is 15. The molecule has 0 aliphatic carbocycles. The van der Waals surface area contributed by atoms with Crippen molar-refractivity contribution < 1.29 is 28.2 Å². The highest BCUT2D eigenvalue weighted by Gasteiger charge is 2.39. The number of hydrogen-bond acceptors (Lipinski definition) is 9. The molecule has 4 aromatic rings. The predicted octanol–water partition coefficient (Wildman–Crippen LogP) is 6.32. The Labute approximate surface area is 281 Å². The number of imide groups is 1. The van der Waals surface area contributed by atoms with Gasteiger partial charge in [0.05, 0.1) is 6.61 Å². The highest BCUT2D eigenvalue weighted by molar-refractivity contribution is 6.00. The minimum atomic E-state index is -0.782. The van der Waals surface area contributed by atoms with E-state index in [2.05, 4.69) is 39.0 Å². The zero-order valence-corrected chi connectivity index (χ0v) is 27.3. The Morgan fingerprint density at radius 2 is 1.65 bits per heavy atom. The number of nitrogens with zero attached hydrogens (tertiary/aromatic N) is 4. The Morgan fingerprint density at radius 3 is 2.42 bits per heavy atom. The molecule has 10 heteroatoms. The molecule has 1 aromatic heterocycles. The minimum absolute atomic E-state index is 0.217. The van der Waals surface area contributed by atoms with Crippen molar-refractivity contribution in [2.24, 2.45) is 0 Å². The summed E-state index contributed by atoms with van der Waals surface area (Å²) in [6, 6.07) is 26.1. The molecule has 0 spiro atoms. The number of carbonyl (C=O) groups is 2.